The molecule has 100 valence electrons. The predicted octanol–water partition coefficient (Wildman–Crippen LogP) is 3.37. The van der Waals surface area contributed by atoms with Gasteiger partial charge in [0.1, 0.15) is 12.6 Å². The second kappa shape index (κ2) is 3.31. The highest BCUT2D eigenvalue weighted by atomic mass is 32.1. The molecule has 2 heterocycles. The molecular formula is C16H12O2S2. The third-order valence-electron chi connectivity index (χ3n) is 5.57. The number of thiophene rings is 2. The molecule has 20 heavy (non-hydrogen) atoms. The van der Waals surface area contributed by atoms with E-state index in [9.17, 15) is 9.59 Å². The van der Waals surface area contributed by atoms with Crippen molar-refractivity contribution in [1.29, 1.82) is 0 Å². The Bertz CT molecular complexity index is 694. The van der Waals surface area contributed by atoms with Gasteiger partial charge in [0.05, 0.1) is 10.8 Å². The Morgan fingerprint density at radius 3 is 1.70 bits per heavy atom. The van der Waals surface area contributed by atoms with Gasteiger partial charge in [0.2, 0.25) is 0 Å². The van der Waals surface area contributed by atoms with Crippen molar-refractivity contribution in [3.63, 3.8) is 0 Å². The van der Waals surface area contributed by atoms with E-state index in [1.165, 1.54) is 22.3 Å². The maximum Gasteiger partial charge on any atom is 0.131 e. The fourth-order valence-corrected chi connectivity index (χ4v) is 6.22. The molecule has 3 aliphatic carbocycles. The van der Waals surface area contributed by atoms with Gasteiger partial charge in [-0.15, -0.1) is 0 Å². The Morgan fingerprint density at radius 2 is 1.30 bits per heavy atom. The summed E-state index contributed by atoms with van der Waals surface area (Å²) in [6.07, 6.45) is 4.12. The van der Waals surface area contributed by atoms with Gasteiger partial charge in [-0.3, -0.25) is 0 Å². The van der Waals surface area contributed by atoms with Gasteiger partial charge < -0.3 is 9.59 Å². The van der Waals surface area contributed by atoms with Crippen LogP contribution in [-0.2, 0) is 20.4 Å². The van der Waals surface area contributed by atoms with Crippen LogP contribution in [0, 0.1) is 0 Å². The van der Waals surface area contributed by atoms with Gasteiger partial charge in [-0.2, -0.15) is 22.7 Å². The normalized spacial score (nSPS) is 39.4. The third kappa shape index (κ3) is 1.05. The molecule has 2 aromatic heterocycles. The fraction of sp³-hybridized carbons (Fsp3) is 0.375. The van der Waals surface area contributed by atoms with Crippen LogP contribution in [0.2, 0.25) is 0 Å². The average Bonchev–Trinajstić information content (AvgIpc) is 3.23. The largest absolute Gasteiger partial charge is 0.302 e. The summed E-state index contributed by atoms with van der Waals surface area (Å²) in [6.45, 7) is 0. The smallest absolute Gasteiger partial charge is 0.131 e. The molecule has 3 aliphatic rings. The molecule has 2 fully saturated rings. The molecule has 0 saturated heterocycles. The molecule has 2 saturated carbocycles. The molecule has 2 nitrogen and oxygen atoms in total. The summed E-state index contributed by atoms with van der Waals surface area (Å²) >= 11 is 3.33. The highest BCUT2D eigenvalue weighted by molar-refractivity contribution is 7.08. The Morgan fingerprint density at radius 1 is 0.850 bits per heavy atom. The Balaban J connectivity index is 1.82. The minimum Gasteiger partial charge on any atom is -0.302 e. The predicted molar refractivity (Wildman–Crippen MR) is 78.8 cm³/mol. The first kappa shape index (κ1) is 11.4. The number of hydrogen-bond acceptors (Lipinski definition) is 4. The van der Waals surface area contributed by atoms with E-state index in [1.807, 2.05) is 0 Å². The van der Waals surface area contributed by atoms with Crippen LogP contribution in [-0.4, -0.2) is 12.6 Å². The van der Waals surface area contributed by atoms with E-state index >= 15 is 0 Å². The molecule has 0 bridgehead atoms. The number of hydrogen-bond donors (Lipinski definition) is 0. The zero-order valence-electron chi connectivity index (χ0n) is 10.7. The first-order chi connectivity index (χ1) is 9.77. The molecule has 2 unspecified atom stereocenters. The lowest BCUT2D eigenvalue weighted by molar-refractivity contribution is -0.110. The van der Waals surface area contributed by atoms with E-state index in [4.69, 9.17) is 0 Å². The molecular weight excluding hydrogens is 288 g/mol. The van der Waals surface area contributed by atoms with Crippen molar-refractivity contribution >= 4 is 35.2 Å². The van der Waals surface area contributed by atoms with Crippen molar-refractivity contribution in [3.05, 3.63) is 43.8 Å². The second-order valence-corrected chi connectivity index (χ2v) is 7.80. The molecule has 2 aromatic rings. The lowest BCUT2D eigenvalue weighted by Gasteiger charge is -2.19. The molecule has 0 aromatic carbocycles. The summed E-state index contributed by atoms with van der Waals surface area (Å²) < 4.78 is 0. The summed E-state index contributed by atoms with van der Waals surface area (Å²) in [7, 11) is 0. The van der Waals surface area contributed by atoms with Gasteiger partial charge in [-0.05, 0) is 56.6 Å². The maximum atomic E-state index is 11.8. The van der Waals surface area contributed by atoms with Gasteiger partial charge in [0, 0.05) is 11.8 Å². The first-order valence-corrected chi connectivity index (χ1v) is 8.71. The van der Waals surface area contributed by atoms with Crippen molar-refractivity contribution < 1.29 is 9.59 Å². The number of aldehydes is 2. The van der Waals surface area contributed by atoms with Gasteiger partial charge >= 0.3 is 0 Å². The summed E-state index contributed by atoms with van der Waals surface area (Å²) in [5.41, 5.74) is 4.31. The van der Waals surface area contributed by atoms with E-state index in [0.717, 1.165) is 25.4 Å². The maximum absolute atomic E-state index is 11.8. The van der Waals surface area contributed by atoms with Crippen molar-refractivity contribution in [2.75, 3.05) is 0 Å². The Kier molecular flexibility index (Phi) is 1.89. The monoisotopic (exact) mass is 300 g/mol. The van der Waals surface area contributed by atoms with Gasteiger partial charge in [-0.25, -0.2) is 0 Å². The fourth-order valence-electron chi connectivity index (χ4n) is 4.23. The summed E-state index contributed by atoms with van der Waals surface area (Å²) in [5, 5.41) is 8.58. The van der Waals surface area contributed by atoms with E-state index in [1.54, 1.807) is 22.7 Å². The van der Waals surface area contributed by atoms with Crippen LogP contribution in [0.1, 0.15) is 46.9 Å². The van der Waals surface area contributed by atoms with Crippen molar-refractivity contribution in [3.8, 4) is 0 Å². The first-order valence-electron chi connectivity index (χ1n) is 6.82. The molecule has 0 aliphatic heterocycles. The summed E-state index contributed by atoms with van der Waals surface area (Å²) in [6, 6.07) is 0. The molecule has 4 atom stereocenters. The molecule has 0 amide bonds. The minimum absolute atomic E-state index is 0.285. The molecule has 0 spiro atoms. The van der Waals surface area contributed by atoms with Crippen LogP contribution in [0.4, 0.5) is 0 Å². The molecule has 0 N–H and O–H groups in total. The van der Waals surface area contributed by atoms with E-state index in [0.29, 0.717) is 0 Å². The van der Waals surface area contributed by atoms with Crippen LogP contribution >= 0.6 is 22.7 Å². The molecule has 5 rings (SSSR count). The average molecular weight is 300 g/mol. The highest BCUT2D eigenvalue weighted by Gasteiger charge is 2.66. The second-order valence-electron chi connectivity index (χ2n) is 6.31. The Hall–Kier alpha value is -1.26. The lowest BCUT2D eigenvalue weighted by atomic mass is 9.81. The summed E-state index contributed by atoms with van der Waals surface area (Å²) in [5.74, 6) is 0.570. The topological polar surface area (TPSA) is 34.1 Å². The molecule has 4 heteroatoms. The van der Waals surface area contributed by atoms with Crippen molar-refractivity contribution in [2.24, 2.45) is 0 Å². The van der Waals surface area contributed by atoms with E-state index in [-0.39, 0.29) is 22.7 Å². The van der Waals surface area contributed by atoms with Crippen LogP contribution in [0.3, 0.4) is 0 Å². The third-order valence-corrected chi connectivity index (χ3v) is 7.09. The van der Waals surface area contributed by atoms with Crippen LogP contribution in [0.25, 0.3) is 0 Å². The summed E-state index contributed by atoms with van der Waals surface area (Å²) in [4.78, 5) is 23.6. The SMILES string of the molecule is O=CC12C[C@@H]1c1cscc1[C@]1(C=O)CC1c1cscc12. The number of rotatable bonds is 2. The van der Waals surface area contributed by atoms with E-state index < -0.39 is 0 Å². The Labute approximate surface area is 124 Å². The van der Waals surface area contributed by atoms with Gasteiger partial charge in [0.15, 0.2) is 0 Å². The zero-order valence-corrected chi connectivity index (χ0v) is 12.3. The zero-order chi connectivity index (χ0) is 13.5. The number of fused-ring (bicyclic) bond motifs is 8. The van der Waals surface area contributed by atoms with Gasteiger partial charge in [-0.1, -0.05) is 0 Å². The van der Waals surface area contributed by atoms with Crippen LogP contribution < -0.4 is 0 Å². The quantitative estimate of drug-likeness (QED) is 0.797. The number of carbonyl (C=O) groups excluding carboxylic acids is 2. The van der Waals surface area contributed by atoms with Crippen LogP contribution in [0.15, 0.2) is 21.5 Å². The molecule has 0 radical (unpaired) electrons. The van der Waals surface area contributed by atoms with E-state index in [2.05, 4.69) is 21.5 Å². The van der Waals surface area contributed by atoms with Crippen LogP contribution in [0.5, 0.6) is 0 Å². The van der Waals surface area contributed by atoms with Crippen molar-refractivity contribution in [2.45, 2.75) is 35.5 Å². The van der Waals surface area contributed by atoms with Gasteiger partial charge in [0.25, 0.3) is 0 Å². The highest BCUT2D eigenvalue weighted by Crippen LogP contribution is 2.71. The lowest BCUT2D eigenvalue weighted by Crippen LogP contribution is -2.19. The minimum atomic E-state index is -0.303. The number of carbonyl (C=O) groups is 2. The van der Waals surface area contributed by atoms with Crippen molar-refractivity contribution in [1.82, 2.24) is 0 Å². The standard InChI is InChI=1S/C16H12O2S2/c17-7-15-1-11(15)9-3-19-6-14(9)16(8-18)2-12(16)10-4-20-5-13(10)15/h3-8,11-12H,1-2H2/t11-,12?,15?,16+/m1/s1.